The van der Waals surface area contributed by atoms with Gasteiger partial charge in [-0.3, -0.25) is 14.4 Å². The number of hydrogen-bond acceptors (Lipinski definition) is 5. The minimum Gasteiger partial charge on any atom is -0.481 e. The molecule has 8 heteroatoms. The van der Waals surface area contributed by atoms with Crippen molar-refractivity contribution in [2.45, 2.75) is 63.4 Å². The maximum absolute atomic E-state index is 13.5. The summed E-state index contributed by atoms with van der Waals surface area (Å²) in [6.45, 7) is 9.11. The summed E-state index contributed by atoms with van der Waals surface area (Å²) in [7, 11) is 0. The zero-order valence-corrected chi connectivity index (χ0v) is 16.0. The van der Waals surface area contributed by atoms with Crippen molar-refractivity contribution >= 4 is 17.8 Å². The smallest absolute Gasteiger partial charge is 0.310 e. The highest BCUT2D eigenvalue weighted by Crippen LogP contribution is 2.58. The fraction of sp³-hybridized carbons (Fsp3) is 0.737. The number of likely N-dealkylation sites (tertiary alicyclic amines) is 1. The van der Waals surface area contributed by atoms with Crippen LogP contribution in [0.1, 0.15) is 33.6 Å². The second kappa shape index (κ2) is 6.91. The first-order valence-corrected chi connectivity index (χ1v) is 9.46. The van der Waals surface area contributed by atoms with Gasteiger partial charge in [0.2, 0.25) is 11.8 Å². The second-order valence-corrected chi connectivity index (χ2v) is 8.04. The molecule has 2 unspecified atom stereocenters. The van der Waals surface area contributed by atoms with Crippen molar-refractivity contribution < 1.29 is 29.3 Å². The number of carbonyl (C=O) groups is 3. The molecule has 3 saturated heterocycles. The average molecular weight is 380 g/mol. The number of hydrogen-bond donors (Lipinski definition) is 2. The molecule has 2 bridgehead atoms. The van der Waals surface area contributed by atoms with Gasteiger partial charge in [0.1, 0.15) is 11.6 Å². The van der Waals surface area contributed by atoms with Crippen LogP contribution in [0.2, 0.25) is 0 Å². The summed E-state index contributed by atoms with van der Waals surface area (Å²) in [5.41, 5.74) is -1.14. The Hall–Kier alpha value is -1.93. The lowest BCUT2D eigenvalue weighted by Crippen LogP contribution is -2.59. The molecular weight excluding hydrogens is 352 g/mol. The minimum absolute atomic E-state index is 0.124. The summed E-state index contributed by atoms with van der Waals surface area (Å²) in [6.07, 6.45) is 2.04. The Balaban J connectivity index is 2.09. The number of aliphatic hydroxyl groups excluding tert-OH is 1. The molecule has 0 radical (unpaired) electrons. The van der Waals surface area contributed by atoms with Gasteiger partial charge in [0.05, 0.1) is 30.6 Å². The second-order valence-electron chi connectivity index (χ2n) is 8.04. The minimum atomic E-state index is -1.14. The summed E-state index contributed by atoms with van der Waals surface area (Å²) in [5.74, 6) is -3.62. The van der Waals surface area contributed by atoms with Crippen LogP contribution in [0.15, 0.2) is 12.7 Å². The van der Waals surface area contributed by atoms with Gasteiger partial charge in [-0.2, -0.15) is 0 Å². The monoisotopic (exact) mass is 380 g/mol. The summed E-state index contributed by atoms with van der Waals surface area (Å²) >= 11 is 0. The Kier molecular flexibility index (Phi) is 5.07. The lowest BCUT2D eigenvalue weighted by molar-refractivity contribution is -0.153. The molecular formula is C19H28N2O6. The topological polar surface area (TPSA) is 107 Å². The fourth-order valence-corrected chi connectivity index (χ4v) is 5.07. The third kappa shape index (κ3) is 2.69. The fourth-order valence-electron chi connectivity index (χ4n) is 5.07. The van der Waals surface area contributed by atoms with E-state index >= 15 is 0 Å². The van der Waals surface area contributed by atoms with Gasteiger partial charge in [-0.1, -0.05) is 6.08 Å². The van der Waals surface area contributed by atoms with Gasteiger partial charge in [-0.25, -0.2) is 0 Å². The summed E-state index contributed by atoms with van der Waals surface area (Å²) in [4.78, 5) is 41.6. The van der Waals surface area contributed by atoms with E-state index in [9.17, 15) is 24.6 Å². The molecule has 3 aliphatic heterocycles. The molecule has 150 valence electrons. The highest BCUT2D eigenvalue weighted by Gasteiger charge is 2.75. The number of carboxylic acid groups (broad SMARTS) is 1. The highest BCUT2D eigenvalue weighted by atomic mass is 16.5. The molecule has 0 aromatic heterocycles. The van der Waals surface area contributed by atoms with E-state index in [-0.39, 0.29) is 18.6 Å². The first-order valence-electron chi connectivity index (χ1n) is 9.46. The standard InChI is InChI=1S/C19H28N2O6/c1-5-8-20(10(2)3)17(24)15-19-7-6-12(27-19)13(18(25)26)14(19)16(23)21(15)11(4)9-22/h5,10-15,22H,1,6-9H2,2-4H3,(H,25,26)/t11-,12-,13+,14+,15?,19?/m1/s1. The first kappa shape index (κ1) is 19.8. The SMILES string of the molecule is C=CCN(C(=O)C1N([C@H](C)CO)C(=O)[C@@H]2[C@@H](C(=O)O)[C@H]3CCC12O3)C(C)C. The average Bonchev–Trinajstić information content (AvgIpc) is 3.25. The van der Waals surface area contributed by atoms with Gasteiger partial charge in [-0.05, 0) is 33.6 Å². The molecule has 2 amide bonds. The predicted molar refractivity (Wildman–Crippen MR) is 95.7 cm³/mol. The number of amides is 2. The van der Waals surface area contributed by atoms with Crippen LogP contribution in [-0.2, 0) is 19.1 Å². The molecule has 3 aliphatic rings. The van der Waals surface area contributed by atoms with Crippen molar-refractivity contribution in [1.29, 1.82) is 0 Å². The summed E-state index contributed by atoms with van der Waals surface area (Å²) < 4.78 is 6.10. The van der Waals surface area contributed by atoms with E-state index in [1.807, 2.05) is 13.8 Å². The van der Waals surface area contributed by atoms with Crippen molar-refractivity contribution in [2.75, 3.05) is 13.2 Å². The van der Waals surface area contributed by atoms with Crippen molar-refractivity contribution in [3.8, 4) is 0 Å². The predicted octanol–water partition coefficient (Wildman–Crippen LogP) is 0.249. The van der Waals surface area contributed by atoms with Crippen LogP contribution in [0.4, 0.5) is 0 Å². The lowest BCUT2D eigenvalue weighted by atomic mass is 9.70. The van der Waals surface area contributed by atoms with Crippen LogP contribution in [-0.4, -0.2) is 80.8 Å². The van der Waals surface area contributed by atoms with Gasteiger partial charge >= 0.3 is 5.97 Å². The van der Waals surface area contributed by atoms with Crippen LogP contribution in [0.3, 0.4) is 0 Å². The number of aliphatic hydroxyl groups is 1. The van der Waals surface area contributed by atoms with Crippen LogP contribution in [0, 0.1) is 11.8 Å². The zero-order chi connectivity index (χ0) is 20.1. The molecule has 6 atom stereocenters. The van der Waals surface area contributed by atoms with Crippen molar-refractivity contribution in [1.82, 2.24) is 9.80 Å². The number of nitrogens with zero attached hydrogens (tertiary/aromatic N) is 2. The Morgan fingerprint density at radius 3 is 2.63 bits per heavy atom. The number of aliphatic carboxylic acids is 1. The molecule has 0 aliphatic carbocycles. The van der Waals surface area contributed by atoms with E-state index in [4.69, 9.17) is 4.74 Å². The van der Waals surface area contributed by atoms with Gasteiger partial charge in [0.15, 0.2) is 0 Å². The number of carboxylic acids is 1. The number of fused-ring (bicyclic) bond motifs is 1. The third-order valence-electron chi connectivity index (χ3n) is 6.23. The third-order valence-corrected chi connectivity index (χ3v) is 6.23. The molecule has 0 aromatic carbocycles. The van der Waals surface area contributed by atoms with Gasteiger partial charge in [0.25, 0.3) is 0 Å². The number of carbonyl (C=O) groups excluding carboxylic acids is 2. The highest BCUT2D eigenvalue weighted by molar-refractivity contribution is 5.98. The Morgan fingerprint density at radius 1 is 1.44 bits per heavy atom. The maximum Gasteiger partial charge on any atom is 0.310 e. The lowest BCUT2D eigenvalue weighted by Gasteiger charge is -2.39. The summed E-state index contributed by atoms with van der Waals surface area (Å²) in [5, 5.41) is 19.4. The molecule has 0 aromatic rings. The van der Waals surface area contributed by atoms with Crippen LogP contribution in [0.5, 0.6) is 0 Å². The van der Waals surface area contributed by atoms with E-state index in [0.29, 0.717) is 19.4 Å². The Labute approximate surface area is 158 Å². The van der Waals surface area contributed by atoms with E-state index in [2.05, 4.69) is 6.58 Å². The van der Waals surface area contributed by atoms with Crippen LogP contribution in [0.25, 0.3) is 0 Å². The number of rotatable bonds is 7. The van der Waals surface area contributed by atoms with Crippen LogP contribution >= 0.6 is 0 Å². The molecule has 1 spiro atoms. The van der Waals surface area contributed by atoms with E-state index < -0.39 is 47.5 Å². The van der Waals surface area contributed by atoms with Gasteiger partial charge in [0, 0.05) is 12.6 Å². The van der Waals surface area contributed by atoms with Crippen molar-refractivity contribution in [3.63, 3.8) is 0 Å². The molecule has 3 heterocycles. The van der Waals surface area contributed by atoms with E-state index in [1.165, 1.54) is 4.90 Å². The normalized spacial score (nSPS) is 35.4. The van der Waals surface area contributed by atoms with Crippen molar-refractivity contribution in [3.05, 3.63) is 12.7 Å². The van der Waals surface area contributed by atoms with Gasteiger partial charge in [-0.15, -0.1) is 6.58 Å². The van der Waals surface area contributed by atoms with Crippen molar-refractivity contribution in [2.24, 2.45) is 11.8 Å². The van der Waals surface area contributed by atoms with E-state index in [0.717, 1.165) is 0 Å². The maximum atomic E-state index is 13.5. The Bertz CT molecular complexity index is 665. The van der Waals surface area contributed by atoms with E-state index in [1.54, 1.807) is 17.9 Å². The van der Waals surface area contributed by atoms with Gasteiger partial charge < -0.3 is 24.7 Å². The Morgan fingerprint density at radius 2 is 2.11 bits per heavy atom. The number of ether oxygens (including phenoxy) is 1. The molecule has 27 heavy (non-hydrogen) atoms. The van der Waals surface area contributed by atoms with Crippen LogP contribution < -0.4 is 0 Å². The first-order chi connectivity index (χ1) is 12.7. The molecule has 0 saturated carbocycles. The quantitative estimate of drug-likeness (QED) is 0.613. The molecule has 3 fully saturated rings. The molecule has 2 N–H and O–H groups in total. The molecule has 8 nitrogen and oxygen atoms in total. The largest absolute Gasteiger partial charge is 0.481 e. The zero-order valence-electron chi connectivity index (χ0n) is 16.0. The molecule has 3 rings (SSSR count). The summed E-state index contributed by atoms with van der Waals surface area (Å²) in [6, 6.07) is -1.67.